The third kappa shape index (κ3) is 2.57. The molecule has 1 atom stereocenters. The van der Waals surface area contributed by atoms with Crippen LogP contribution in [0.5, 0.6) is 5.75 Å². The zero-order valence-corrected chi connectivity index (χ0v) is 11.2. The Morgan fingerprint density at radius 3 is 3.00 bits per heavy atom. The van der Waals surface area contributed by atoms with Gasteiger partial charge in [0.05, 0.1) is 5.02 Å². The van der Waals surface area contributed by atoms with E-state index in [4.69, 9.17) is 11.6 Å². The molecule has 0 unspecified atom stereocenters. The SMILES string of the molecule is Oc1cccc2c1C[C@@H](NCc1ccncc1Cl)C2. The molecule has 1 aromatic carbocycles. The number of halogens is 1. The summed E-state index contributed by atoms with van der Waals surface area (Å²) in [6.45, 7) is 0.723. The molecule has 19 heavy (non-hydrogen) atoms. The summed E-state index contributed by atoms with van der Waals surface area (Å²) < 4.78 is 0. The maximum atomic E-state index is 9.82. The van der Waals surface area contributed by atoms with Gasteiger partial charge in [-0.15, -0.1) is 0 Å². The lowest BCUT2D eigenvalue weighted by Gasteiger charge is -2.12. The van der Waals surface area contributed by atoms with Crippen molar-refractivity contribution in [3.8, 4) is 5.75 Å². The van der Waals surface area contributed by atoms with Crippen LogP contribution in [0.25, 0.3) is 0 Å². The number of aromatic hydroxyl groups is 1. The number of hydrogen-bond donors (Lipinski definition) is 2. The Morgan fingerprint density at radius 1 is 1.32 bits per heavy atom. The second-order valence-corrected chi connectivity index (χ2v) is 5.28. The molecule has 0 amide bonds. The van der Waals surface area contributed by atoms with Crippen molar-refractivity contribution in [1.82, 2.24) is 10.3 Å². The van der Waals surface area contributed by atoms with Crippen molar-refractivity contribution in [2.75, 3.05) is 0 Å². The summed E-state index contributed by atoms with van der Waals surface area (Å²) in [5, 5.41) is 14.0. The van der Waals surface area contributed by atoms with Crippen LogP contribution in [0.15, 0.2) is 36.7 Å². The van der Waals surface area contributed by atoms with Gasteiger partial charge in [-0.25, -0.2) is 0 Å². The highest BCUT2D eigenvalue weighted by molar-refractivity contribution is 6.31. The van der Waals surface area contributed by atoms with Crippen LogP contribution in [0.3, 0.4) is 0 Å². The molecule has 0 spiro atoms. The summed E-state index contributed by atoms with van der Waals surface area (Å²) in [5.41, 5.74) is 3.36. The number of phenolic OH excluding ortho intramolecular Hbond substituents is 1. The molecule has 0 radical (unpaired) electrons. The summed E-state index contributed by atoms with van der Waals surface area (Å²) in [4.78, 5) is 3.98. The molecular formula is C15H15ClN2O. The van der Waals surface area contributed by atoms with Crippen molar-refractivity contribution in [3.05, 3.63) is 58.4 Å². The second kappa shape index (κ2) is 5.19. The van der Waals surface area contributed by atoms with Gasteiger partial charge in [0.1, 0.15) is 5.75 Å². The van der Waals surface area contributed by atoms with Crippen molar-refractivity contribution >= 4 is 11.6 Å². The van der Waals surface area contributed by atoms with Crippen molar-refractivity contribution in [1.29, 1.82) is 0 Å². The van der Waals surface area contributed by atoms with Gasteiger partial charge < -0.3 is 10.4 Å². The van der Waals surface area contributed by atoms with E-state index in [9.17, 15) is 5.11 Å². The van der Waals surface area contributed by atoms with E-state index in [1.54, 1.807) is 18.5 Å². The molecule has 0 bridgehead atoms. The van der Waals surface area contributed by atoms with Crippen LogP contribution >= 0.6 is 11.6 Å². The lowest BCUT2D eigenvalue weighted by Crippen LogP contribution is -2.29. The van der Waals surface area contributed by atoms with Gasteiger partial charge in [-0.05, 0) is 41.7 Å². The first-order valence-corrected chi connectivity index (χ1v) is 6.73. The second-order valence-electron chi connectivity index (χ2n) is 4.87. The van der Waals surface area contributed by atoms with Gasteiger partial charge >= 0.3 is 0 Å². The van der Waals surface area contributed by atoms with E-state index in [2.05, 4.69) is 16.4 Å². The van der Waals surface area contributed by atoms with E-state index in [1.165, 1.54) is 5.56 Å². The number of phenols is 1. The molecule has 2 aromatic rings. The molecule has 1 aliphatic rings. The standard InChI is InChI=1S/C15H15ClN2O/c16-14-9-17-5-4-11(14)8-18-12-6-10-2-1-3-15(19)13(10)7-12/h1-5,9,12,18-19H,6-8H2/t12-/m0/s1. The van der Waals surface area contributed by atoms with Crippen molar-refractivity contribution in [2.24, 2.45) is 0 Å². The molecule has 1 heterocycles. The molecular weight excluding hydrogens is 260 g/mol. The third-order valence-corrected chi connectivity index (χ3v) is 3.94. The molecule has 2 N–H and O–H groups in total. The number of rotatable bonds is 3. The van der Waals surface area contributed by atoms with Crippen LogP contribution in [0, 0.1) is 0 Å². The van der Waals surface area contributed by atoms with E-state index in [0.29, 0.717) is 16.8 Å². The molecule has 3 nitrogen and oxygen atoms in total. The number of benzene rings is 1. The molecule has 3 rings (SSSR count). The molecule has 98 valence electrons. The summed E-state index contributed by atoms with van der Waals surface area (Å²) >= 11 is 6.08. The fraction of sp³-hybridized carbons (Fsp3) is 0.267. The average Bonchev–Trinajstić information content (AvgIpc) is 2.82. The summed E-state index contributed by atoms with van der Waals surface area (Å²) in [5.74, 6) is 0.406. The van der Waals surface area contributed by atoms with Gasteiger partial charge in [0, 0.05) is 25.0 Å². The normalized spacial score (nSPS) is 17.4. The van der Waals surface area contributed by atoms with Crippen molar-refractivity contribution in [3.63, 3.8) is 0 Å². The average molecular weight is 275 g/mol. The van der Waals surface area contributed by atoms with Crippen LogP contribution in [0.2, 0.25) is 5.02 Å². The highest BCUT2D eigenvalue weighted by atomic mass is 35.5. The monoisotopic (exact) mass is 274 g/mol. The molecule has 1 aromatic heterocycles. The first-order chi connectivity index (χ1) is 9.24. The van der Waals surface area contributed by atoms with Crippen LogP contribution in [-0.2, 0) is 19.4 Å². The first kappa shape index (κ1) is 12.5. The van der Waals surface area contributed by atoms with Gasteiger partial charge in [0.2, 0.25) is 0 Å². The highest BCUT2D eigenvalue weighted by Gasteiger charge is 2.23. The number of nitrogens with zero attached hydrogens (tertiary/aromatic N) is 1. The topological polar surface area (TPSA) is 45.1 Å². The van der Waals surface area contributed by atoms with E-state index >= 15 is 0 Å². The van der Waals surface area contributed by atoms with Gasteiger partial charge in [0.15, 0.2) is 0 Å². The Bertz CT molecular complexity index is 600. The van der Waals surface area contributed by atoms with E-state index in [1.807, 2.05) is 12.1 Å². The molecule has 0 saturated carbocycles. The van der Waals surface area contributed by atoms with Crippen LogP contribution < -0.4 is 5.32 Å². The third-order valence-electron chi connectivity index (χ3n) is 3.60. The minimum atomic E-state index is 0.354. The molecule has 0 fully saturated rings. The van der Waals surface area contributed by atoms with Gasteiger partial charge in [-0.2, -0.15) is 0 Å². The molecule has 0 saturated heterocycles. The van der Waals surface area contributed by atoms with Crippen molar-refractivity contribution < 1.29 is 5.11 Å². The zero-order valence-electron chi connectivity index (χ0n) is 10.4. The van der Waals surface area contributed by atoms with Gasteiger partial charge in [-0.3, -0.25) is 4.98 Å². The Labute approximate surface area is 117 Å². The van der Waals surface area contributed by atoms with E-state index < -0.39 is 0 Å². The quantitative estimate of drug-likeness (QED) is 0.905. The van der Waals surface area contributed by atoms with Crippen LogP contribution in [0.1, 0.15) is 16.7 Å². The minimum Gasteiger partial charge on any atom is -0.508 e. The molecule has 4 heteroatoms. The Balaban J connectivity index is 1.65. The first-order valence-electron chi connectivity index (χ1n) is 6.35. The van der Waals surface area contributed by atoms with Crippen molar-refractivity contribution in [2.45, 2.75) is 25.4 Å². The number of aromatic nitrogens is 1. The number of fused-ring (bicyclic) bond motifs is 1. The number of hydrogen-bond acceptors (Lipinski definition) is 3. The zero-order chi connectivity index (χ0) is 13.2. The number of pyridine rings is 1. The fourth-order valence-electron chi connectivity index (χ4n) is 2.58. The predicted octanol–water partition coefficient (Wildman–Crippen LogP) is 2.70. The Kier molecular flexibility index (Phi) is 3.40. The fourth-order valence-corrected chi connectivity index (χ4v) is 2.76. The minimum absolute atomic E-state index is 0.354. The Hall–Kier alpha value is -1.58. The van der Waals surface area contributed by atoms with Gasteiger partial charge in [0.25, 0.3) is 0 Å². The highest BCUT2D eigenvalue weighted by Crippen LogP contribution is 2.29. The lowest BCUT2D eigenvalue weighted by atomic mass is 10.1. The summed E-state index contributed by atoms with van der Waals surface area (Å²) in [6.07, 6.45) is 5.23. The number of nitrogens with one attached hydrogen (secondary N) is 1. The molecule has 1 aliphatic carbocycles. The maximum Gasteiger partial charge on any atom is 0.119 e. The van der Waals surface area contributed by atoms with E-state index in [0.717, 1.165) is 30.5 Å². The maximum absolute atomic E-state index is 9.82. The summed E-state index contributed by atoms with van der Waals surface area (Å²) in [7, 11) is 0. The lowest BCUT2D eigenvalue weighted by molar-refractivity contribution is 0.464. The Morgan fingerprint density at radius 2 is 2.21 bits per heavy atom. The van der Waals surface area contributed by atoms with Gasteiger partial charge in [-0.1, -0.05) is 23.7 Å². The molecule has 0 aliphatic heterocycles. The smallest absolute Gasteiger partial charge is 0.119 e. The largest absolute Gasteiger partial charge is 0.508 e. The summed E-state index contributed by atoms with van der Waals surface area (Å²) in [6, 6.07) is 8.01. The van der Waals surface area contributed by atoms with Crippen LogP contribution in [0.4, 0.5) is 0 Å². The predicted molar refractivity (Wildman–Crippen MR) is 75.4 cm³/mol. The van der Waals surface area contributed by atoms with E-state index in [-0.39, 0.29) is 0 Å². The van der Waals surface area contributed by atoms with Crippen LogP contribution in [-0.4, -0.2) is 16.1 Å².